The number of rotatable bonds is 6. The lowest BCUT2D eigenvalue weighted by atomic mass is 10.0. The zero-order valence-electron chi connectivity index (χ0n) is 15.9. The zero-order chi connectivity index (χ0) is 19.3. The van der Waals surface area contributed by atoms with E-state index in [4.69, 9.17) is 4.74 Å². The molecule has 1 N–H and O–H groups in total. The van der Waals surface area contributed by atoms with Crippen molar-refractivity contribution < 1.29 is 14.5 Å². The Labute approximate surface area is 154 Å². The Kier molecular flexibility index (Phi) is 6.55. The summed E-state index contributed by atoms with van der Waals surface area (Å²) in [6.45, 7) is 9.68. The summed E-state index contributed by atoms with van der Waals surface area (Å²) in [6.07, 6.45) is 0. The first-order valence-corrected chi connectivity index (χ1v) is 8.80. The standard InChI is InChI=1S/C18H28N4O4/c1-14(15-6-5-7-16(12-15)22(24)25)20(4)17(23)19-13-18(2,3)21-8-10-26-11-9-21/h5-7,12,14H,8-11,13H2,1-4H3,(H,19,23). The molecule has 8 heteroatoms. The number of benzene rings is 1. The number of nitrogens with zero attached hydrogens (tertiary/aromatic N) is 3. The highest BCUT2D eigenvalue weighted by atomic mass is 16.6. The van der Waals surface area contributed by atoms with E-state index in [1.54, 1.807) is 24.1 Å². The van der Waals surface area contributed by atoms with E-state index in [9.17, 15) is 14.9 Å². The lowest BCUT2D eigenvalue weighted by Gasteiger charge is -2.41. The molecule has 144 valence electrons. The van der Waals surface area contributed by atoms with Gasteiger partial charge in [-0.1, -0.05) is 12.1 Å². The molecule has 1 aromatic carbocycles. The van der Waals surface area contributed by atoms with Gasteiger partial charge in [0.15, 0.2) is 0 Å². The molecule has 1 aliphatic rings. The van der Waals surface area contributed by atoms with Crippen molar-refractivity contribution in [2.24, 2.45) is 0 Å². The molecule has 0 radical (unpaired) electrons. The highest BCUT2D eigenvalue weighted by Gasteiger charge is 2.29. The van der Waals surface area contributed by atoms with Crippen LogP contribution < -0.4 is 5.32 Å². The molecule has 0 bridgehead atoms. The van der Waals surface area contributed by atoms with Crippen LogP contribution in [0.1, 0.15) is 32.4 Å². The Morgan fingerprint density at radius 2 is 2.08 bits per heavy atom. The molecule has 1 heterocycles. The number of morpholine rings is 1. The Balaban J connectivity index is 1.95. The summed E-state index contributed by atoms with van der Waals surface area (Å²) in [4.78, 5) is 26.9. The molecule has 1 saturated heterocycles. The Hall–Kier alpha value is -2.19. The van der Waals surface area contributed by atoms with Gasteiger partial charge in [-0.25, -0.2) is 4.79 Å². The van der Waals surface area contributed by atoms with Crippen molar-refractivity contribution in [1.82, 2.24) is 15.1 Å². The minimum atomic E-state index is -0.429. The quantitative estimate of drug-likeness (QED) is 0.619. The van der Waals surface area contributed by atoms with Crippen LogP contribution in [0.4, 0.5) is 10.5 Å². The Bertz CT molecular complexity index is 644. The molecule has 1 unspecified atom stereocenters. The van der Waals surface area contributed by atoms with E-state index in [1.807, 2.05) is 6.92 Å². The van der Waals surface area contributed by atoms with E-state index in [0.29, 0.717) is 19.8 Å². The largest absolute Gasteiger partial charge is 0.379 e. The number of nitrogens with one attached hydrogen (secondary N) is 1. The lowest BCUT2D eigenvalue weighted by Crippen LogP contribution is -2.56. The normalized spacial score (nSPS) is 16.8. The minimum absolute atomic E-state index is 0.0246. The van der Waals surface area contributed by atoms with Gasteiger partial charge < -0.3 is 15.0 Å². The van der Waals surface area contributed by atoms with Gasteiger partial charge in [0.1, 0.15) is 0 Å². The third kappa shape index (κ3) is 4.92. The summed E-state index contributed by atoms with van der Waals surface area (Å²) in [6, 6.07) is 5.90. The van der Waals surface area contributed by atoms with Gasteiger partial charge in [-0.05, 0) is 26.3 Å². The van der Waals surface area contributed by atoms with Gasteiger partial charge in [-0.15, -0.1) is 0 Å². The monoisotopic (exact) mass is 364 g/mol. The second-order valence-corrected chi connectivity index (χ2v) is 7.21. The van der Waals surface area contributed by atoms with Crippen LogP contribution in [0, 0.1) is 10.1 Å². The maximum Gasteiger partial charge on any atom is 0.317 e. The molecule has 8 nitrogen and oxygen atoms in total. The van der Waals surface area contributed by atoms with Crippen molar-refractivity contribution >= 4 is 11.7 Å². The molecule has 0 spiro atoms. The fourth-order valence-corrected chi connectivity index (χ4v) is 2.99. The highest BCUT2D eigenvalue weighted by molar-refractivity contribution is 5.74. The molecule has 0 saturated carbocycles. The Morgan fingerprint density at radius 3 is 2.69 bits per heavy atom. The number of carbonyl (C=O) groups is 1. The summed E-state index contributed by atoms with van der Waals surface area (Å²) >= 11 is 0. The topological polar surface area (TPSA) is 88.0 Å². The second-order valence-electron chi connectivity index (χ2n) is 7.21. The average Bonchev–Trinajstić information content (AvgIpc) is 2.65. The van der Waals surface area contributed by atoms with Crippen molar-refractivity contribution in [3.63, 3.8) is 0 Å². The van der Waals surface area contributed by atoms with Crippen LogP contribution >= 0.6 is 0 Å². The molecule has 0 aliphatic carbocycles. The summed E-state index contributed by atoms with van der Waals surface area (Å²) in [5.74, 6) is 0. The SMILES string of the molecule is CC(c1cccc([N+](=O)[O-])c1)N(C)C(=O)NCC(C)(C)N1CCOCC1. The van der Waals surface area contributed by atoms with E-state index in [1.165, 1.54) is 12.1 Å². The van der Waals surface area contributed by atoms with Crippen LogP contribution in [-0.4, -0.2) is 66.2 Å². The molecular weight excluding hydrogens is 336 g/mol. The number of ether oxygens (including phenoxy) is 1. The van der Waals surface area contributed by atoms with Crippen molar-refractivity contribution in [3.05, 3.63) is 39.9 Å². The zero-order valence-corrected chi connectivity index (χ0v) is 15.9. The number of nitro groups is 1. The van der Waals surface area contributed by atoms with Gasteiger partial charge >= 0.3 is 6.03 Å². The van der Waals surface area contributed by atoms with Gasteiger partial charge in [0.05, 0.1) is 24.2 Å². The predicted molar refractivity (Wildman–Crippen MR) is 99.1 cm³/mol. The van der Waals surface area contributed by atoms with Crippen LogP contribution in [-0.2, 0) is 4.74 Å². The number of non-ortho nitro benzene ring substituents is 1. The fraction of sp³-hybridized carbons (Fsp3) is 0.611. The van der Waals surface area contributed by atoms with E-state index in [-0.39, 0.29) is 23.3 Å². The Morgan fingerprint density at radius 1 is 1.42 bits per heavy atom. The summed E-state index contributed by atoms with van der Waals surface area (Å²) in [7, 11) is 1.70. The minimum Gasteiger partial charge on any atom is -0.379 e. The molecule has 26 heavy (non-hydrogen) atoms. The van der Waals surface area contributed by atoms with Crippen LogP contribution in [0.3, 0.4) is 0 Å². The highest BCUT2D eigenvalue weighted by Crippen LogP contribution is 2.23. The van der Waals surface area contributed by atoms with Gasteiger partial charge in [-0.3, -0.25) is 15.0 Å². The third-order valence-electron chi connectivity index (χ3n) is 5.00. The van der Waals surface area contributed by atoms with E-state index < -0.39 is 4.92 Å². The maximum atomic E-state index is 12.5. The predicted octanol–water partition coefficient (Wildman–Crippen LogP) is 2.41. The molecule has 1 aliphatic heterocycles. The van der Waals surface area contributed by atoms with Crippen molar-refractivity contribution in [2.75, 3.05) is 39.9 Å². The van der Waals surface area contributed by atoms with Crippen molar-refractivity contribution in [3.8, 4) is 0 Å². The summed E-state index contributed by atoms with van der Waals surface area (Å²) in [5.41, 5.74) is 0.579. The van der Waals surface area contributed by atoms with E-state index in [2.05, 4.69) is 24.1 Å². The number of hydrogen-bond donors (Lipinski definition) is 1. The smallest absolute Gasteiger partial charge is 0.317 e. The summed E-state index contributed by atoms with van der Waals surface area (Å²) in [5, 5.41) is 13.9. The first-order chi connectivity index (χ1) is 12.2. The average molecular weight is 364 g/mol. The van der Waals surface area contributed by atoms with Crippen LogP contribution in [0.5, 0.6) is 0 Å². The first kappa shape index (κ1) is 20.1. The third-order valence-corrected chi connectivity index (χ3v) is 5.00. The fourth-order valence-electron chi connectivity index (χ4n) is 2.99. The lowest BCUT2D eigenvalue weighted by molar-refractivity contribution is -0.384. The molecule has 0 aromatic heterocycles. The molecule has 2 amide bonds. The number of nitro benzene ring substituents is 1. The van der Waals surface area contributed by atoms with Gasteiger partial charge in [0.25, 0.3) is 5.69 Å². The first-order valence-electron chi connectivity index (χ1n) is 8.80. The van der Waals surface area contributed by atoms with Crippen LogP contribution in [0.25, 0.3) is 0 Å². The number of carbonyl (C=O) groups excluding carboxylic acids is 1. The number of hydrogen-bond acceptors (Lipinski definition) is 5. The van der Waals surface area contributed by atoms with Crippen molar-refractivity contribution in [2.45, 2.75) is 32.4 Å². The van der Waals surface area contributed by atoms with Crippen LogP contribution in [0.15, 0.2) is 24.3 Å². The molecular formula is C18H28N4O4. The molecule has 1 aromatic rings. The molecule has 1 atom stereocenters. The number of urea groups is 1. The summed E-state index contributed by atoms with van der Waals surface area (Å²) < 4.78 is 5.38. The van der Waals surface area contributed by atoms with Crippen LogP contribution in [0.2, 0.25) is 0 Å². The van der Waals surface area contributed by atoms with Crippen molar-refractivity contribution in [1.29, 1.82) is 0 Å². The number of amides is 2. The van der Waals surface area contributed by atoms with Gasteiger partial charge in [-0.2, -0.15) is 0 Å². The van der Waals surface area contributed by atoms with Gasteiger partial charge in [0, 0.05) is 44.4 Å². The van der Waals surface area contributed by atoms with E-state index in [0.717, 1.165) is 18.7 Å². The maximum absolute atomic E-state index is 12.5. The van der Waals surface area contributed by atoms with E-state index >= 15 is 0 Å². The molecule has 2 rings (SSSR count). The van der Waals surface area contributed by atoms with Gasteiger partial charge in [0.2, 0.25) is 0 Å². The second kappa shape index (κ2) is 8.46. The molecule has 1 fully saturated rings.